The number of fused-ring (bicyclic) bond motifs is 1. The molecule has 1 amide bonds. The molecule has 0 aliphatic carbocycles. The van der Waals surface area contributed by atoms with Gasteiger partial charge in [-0.1, -0.05) is 48.5 Å². The van der Waals surface area contributed by atoms with Crippen LogP contribution in [0.15, 0.2) is 66.9 Å². The molecule has 0 bridgehead atoms. The van der Waals surface area contributed by atoms with Crippen molar-refractivity contribution < 1.29 is 4.79 Å². The van der Waals surface area contributed by atoms with Crippen molar-refractivity contribution >= 4 is 18.3 Å². The number of nitrogens with zero attached hydrogens (tertiary/aromatic N) is 3. The monoisotopic (exact) mass is 422 g/mol. The van der Waals surface area contributed by atoms with E-state index in [1.807, 2.05) is 76.4 Å². The molecule has 3 aromatic rings. The number of hydrogen-bond donors (Lipinski definition) is 1. The lowest BCUT2D eigenvalue weighted by Crippen LogP contribution is -2.32. The Morgan fingerprint density at radius 3 is 2.13 bits per heavy atom. The molecule has 0 saturated carbocycles. The number of nitrogens with one attached hydrogen (secondary N) is 1. The Bertz CT molecular complexity index is 975. The summed E-state index contributed by atoms with van der Waals surface area (Å²) >= 11 is 0. The van der Waals surface area contributed by atoms with Crippen LogP contribution in [0.25, 0.3) is 16.9 Å². The highest BCUT2D eigenvalue weighted by molar-refractivity contribution is 6.00. The van der Waals surface area contributed by atoms with Crippen LogP contribution in [-0.2, 0) is 0 Å². The molecule has 1 N–H and O–H groups in total. The number of para-hydroxylation sites is 1. The van der Waals surface area contributed by atoms with E-state index in [9.17, 15) is 4.79 Å². The van der Waals surface area contributed by atoms with Crippen LogP contribution in [0, 0.1) is 11.8 Å². The van der Waals surface area contributed by atoms with Gasteiger partial charge in [0.2, 0.25) is 0 Å². The van der Waals surface area contributed by atoms with Crippen molar-refractivity contribution in [2.24, 2.45) is 11.8 Å². The minimum Gasteiger partial charge on any atom is -0.339 e. The molecule has 0 spiro atoms. The molecule has 2 fully saturated rings. The zero-order chi connectivity index (χ0) is 19.6. The van der Waals surface area contributed by atoms with E-state index in [2.05, 4.69) is 5.32 Å². The highest BCUT2D eigenvalue weighted by Gasteiger charge is 2.32. The molecule has 3 heterocycles. The molecule has 2 saturated heterocycles. The summed E-state index contributed by atoms with van der Waals surface area (Å²) in [5, 5.41) is 8.31. The highest BCUT2D eigenvalue weighted by Crippen LogP contribution is 2.30. The second-order valence-corrected chi connectivity index (χ2v) is 8.09. The normalized spacial score (nSPS) is 20.9. The first kappa shape index (κ1) is 20.6. The van der Waals surface area contributed by atoms with E-state index in [0.717, 1.165) is 56.0 Å². The van der Waals surface area contributed by atoms with Crippen molar-refractivity contribution in [3.8, 4) is 16.9 Å². The second-order valence-electron chi connectivity index (χ2n) is 8.09. The van der Waals surface area contributed by atoms with Crippen LogP contribution >= 0.6 is 12.4 Å². The predicted molar refractivity (Wildman–Crippen MR) is 121 cm³/mol. The fraction of sp³-hybridized carbons (Fsp3) is 0.333. The lowest BCUT2D eigenvalue weighted by molar-refractivity contribution is 0.0759. The van der Waals surface area contributed by atoms with Crippen LogP contribution in [0.3, 0.4) is 0 Å². The maximum Gasteiger partial charge on any atom is 0.257 e. The Kier molecular flexibility index (Phi) is 6.21. The van der Waals surface area contributed by atoms with E-state index >= 15 is 0 Å². The lowest BCUT2D eigenvalue weighted by Gasteiger charge is -2.20. The predicted octanol–water partition coefficient (Wildman–Crippen LogP) is 4.03. The van der Waals surface area contributed by atoms with Crippen LogP contribution in [0.5, 0.6) is 0 Å². The Morgan fingerprint density at radius 1 is 0.900 bits per heavy atom. The third kappa shape index (κ3) is 4.00. The van der Waals surface area contributed by atoms with Gasteiger partial charge in [-0.25, -0.2) is 4.68 Å². The molecule has 2 atom stereocenters. The summed E-state index contributed by atoms with van der Waals surface area (Å²) in [5.74, 6) is 1.50. The quantitative estimate of drug-likeness (QED) is 0.693. The Balaban J connectivity index is 0.00000218. The Hall–Kier alpha value is -2.63. The number of hydrogen-bond acceptors (Lipinski definition) is 3. The van der Waals surface area contributed by atoms with Gasteiger partial charge in [0.05, 0.1) is 11.3 Å². The first-order valence-corrected chi connectivity index (χ1v) is 10.5. The molecule has 0 radical (unpaired) electrons. The zero-order valence-electron chi connectivity index (χ0n) is 16.9. The number of carbonyl (C=O) groups is 1. The van der Waals surface area contributed by atoms with Gasteiger partial charge in [-0.15, -0.1) is 12.4 Å². The number of carbonyl (C=O) groups excluding carboxylic acids is 1. The topological polar surface area (TPSA) is 50.2 Å². The molecule has 5 nitrogen and oxygen atoms in total. The molecule has 5 rings (SSSR count). The van der Waals surface area contributed by atoms with E-state index in [1.54, 1.807) is 0 Å². The standard InChI is InChI=1S/C24H26N4O.ClH/c29-24(27-13-11-19-15-25-16-20(19)12-14-27)22-17-28(21-9-5-2-6-10-21)26-23(22)18-7-3-1-4-8-18;/h1-10,17,19-20,25H,11-16H2;1H/t19-,20+;. The first-order valence-electron chi connectivity index (χ1n) is 10.5. The largest absolute Gasteiger partial charge is 0.339 e. The summed E-state index contributed by atoms with van der Waals surface area (Å²) in [6.45, 7) is 3.83. The zero-order valence-corrected chi connectivity index (χ0v) is 17.7. The average molecular weight is 423 g/mol. The van der Waals surface area contributed by atoms with Crippen molar-refractivity contribution in [3.63, 3.8) is 0 Å². The van der Waals surface area contributed by atoms with Crippen molar-refractivity contribution in [1.29, 1.82) is 0 Å². The fourth-order valence-corrected chi connectivity index (χ4v) is 4.64. The van der Waals surface area contributed by atoms with Gasteiger partial charge in [-0.3, -0.25) is 4.79 Å². The van der Waals surface area contributed by atoms with Gasteiger partial charge < -0.3 is 10.2 Å². The van der Waals surface area contributed by atoms with Crippen LogP contribution in [0.2, 0.25) is 0 Å². The van der Waals surface area contributed by atoms with Gasteiger partial charge in [-0.05, 0) is 49.9 Å². The van der Waals surface area contributed by atoms with E-state index in [1.165, 1.54) is 0 Å². The van der Waals surface area contributed by atoms with Crippen LogP contribution in [0.1, 0.15) is 23.2 Å². The maximum absolute atomic E-state index is 13.6. The highest BCUT2D eigenvalue weighted by atomic mass is 35.5. The van der Waals surface area contributed by atoms with Crippen molar-refractivity contribution in [3.05, 3.63) is 72.4 Å². The number of halogens is 1. The Labute approximate surface area is 183 Å². The summed E-state index contributed by atoms with van der Waals surface area (Å²) in [6, 6.07) is 20.0. The number of benzene rings is 2. The van der Waals surface area contributed by atoms with Gasteiger partial charge in [0.15, 0.2) is 0 Å². The van der Waals surface area contributed by atoms with Gasteiger partial charge in [-0.2, -0.15) is 5.10 Å². The van der Waals surface area contributed by atoms with Gasteiger partial charge >= 0.3 is 0 Å². The number of rotatable bonds is 3. The molecule has 6 heteroatoms. The minimum absolute atomic E-state index is 0. The minimum atomic E-state index is 0. The molecule has 2 aliphatic rings. The SMILES string of the molecule is Cl.O=C(c1cn(-c2ccccc2)nc1-c1ccccc1)N1CC[C@@H]2CNC[C@@H]2CC1. The van der Waals surface area contributed by atoms with E-state index in [0.29, 0.717) is 17.4 Å². The molecule has 2 aliphatic heterocycles. The molecule has 2 aromatic carbocycles. The fourth-order valence-electron chi connectivity index (χ4n) is 4.64. The maximum atomic E-state index is 13.6. The summed E-state index contributed by atoms with van der Waals surface area (Å²) in [6.07, 6.45) is 4.06. The van der Waals surface area contributed by atoms with E-state index in [-0.39, 0.29) is 18.3 Å². The number of likely N-dealkylation sites (tertiary alicyclic amines) is 1. The lowest BCUT2D eigenvalue weighted by atomic mass is 9.92. The Morgan fingerprint density at radius 2 is 1.50 bits per heavy atom. The summed E-state index contributed by atoms with van der Waals surface area (Å²) < 4.78 is 1.83. The third-order valence-corrected chi connectivity index (χ3v) is 6.32. The van der Waals surface area contributed by atoms with Gasteiger partial charge in [0, 0.05) is 24.8 Å². The number of amides is 1. The van der Waals surface area contributed by atoms with E-state index < -0.39 is 0 Å². The van der Waals surface area contributed by atoms with Crippen LogP contribution in [0.4, 0.5) is 0 Å². The molecule has 156 valence electrons. The molecule has 30 heavy (non-hydrogen) atoms. The number of aromatic nitrogens is 2. The summed E-state index contributed by atoms with van der Waals surface area (Å²) in [7, 11) is 0. The smallest absolute Gasteiger partial charge is 0.257 e. The second kappa shape index (κ2) is 9.02. The molecular weight excluding hydrogens is 396 g/mol. The van der Waals surface area contributed by atoms with Crippen LogP contribution in [-0.4, -0.2) is 46.8 Å². The van der Waals surface area contributed by atoms with Crippen LogP contribution < -0.4 is 5.32 Å². The van der Waals surface area contributed by atoms with Crippen molar-refractivity contribution in [2.45, 2.75) is 12.8 Å². The summed E-state index contributed by atoms with van der Waals surface area (Å²) in [4.78, 5) is 15.6. The molecular formula is C24H27ClN4O. The van der Waals surface area contributed by atoms with Crippen molar-refractivity contribution in [1.82, 2.24) is 20.0 Å². The third-order valence-electron chi connectivity index (χ3n) is 6.32. The first-order chi connectivity index (χ1) is 14.3. The van der Waals surface area contributed by atoms with Gasteiger partial charge in [0.25, 0.3) is 5.91 Å². The average Bonchev–Trinajstić information content (AvgIpc) is 3.37. The van der Waals surface area contributed by atoms with Crippen molar-refractivity contribution in [2.75, 3.05) is 26.2 Å². The summed E-state index contributed by atoms with van der Waals surface area (Å²) in [5.41, 5.74) is 3.37. The molecule has 0 unspecified atom stereocenters. The van der Waals surface area contributed by atoms with E-state index in [4.69, 9.17) is 5.10 Å². The van der Waals surface area contributed by atoms with Gasteiger partial charge in [0.1, 0.15) is 5.69 Å². The molecule has 1 aromatic heterocycles.